The van der Waals surface area contributed by atoms with E-state index in [1.807, 2.05) is 0 Å². The number of amides is 2. The van der Waals surface area contributed by atoms with Gasteiger partial charge >= 0.3 is 0 Å². The second-order valence-electron chi connectivity index (χ2n) is 10.2. The first kappa shape index (κ1) is 28.4. The number of carbonyl (C=O) groups is 2. The zero-order valence-electron chi connectivity index (χ0n) is 20.6. The molecule has 2 saturated carbocycles. The lowest BCUT2D eigenvalue weighted by atomic mass is 9.74. The quantitative estimate of drug-likeness (QED) is 0.384. The van der Waals surface area contributed by atoms with Crippen molar-refractivity contribution < 1.29 is 37.0 Å². The Kier molecular flexibility index (Phi) is 8.13. The molecule has 2 unspecified atom stereocenters. The summed E-state index contributed by atoms with van der Waals surface area (Å²) >= 11 is 6.25. The minimum atomic E-state index is -4.01. The van der Waals surface area contributed by atoms with Gasteiger partial charge in [-0.1, -0.05) is 11.6 Å². The number of benzene rings is 2. The largest absolute Gasteiger partial charge is 0.393 e. The maximum atomic E-state index is 13.7. The average molecular weight is 571 g/mol. The van der Waals surface area contributed by atoms with Gasteiger partial charge < -0.3 is 20.8 Å². The number of hydrogen-bond donors (Lipinski definition) is 4. The second kappa shape index (κ2) is 10.9. The average Bonchev–Trinajstić information content (AvgIpc) is 3.00. The molecular weight excluding hydrogens is 542 g/mol. The number of aliphatic hydroxyl groups excluding tert-OH is 1. The van der Waals surface area contributed by atoms with Gasteiger partial charge in [0.1, 0.15) is 0 Å². The summed E-state index contributed by atoms with van der Waals surface area (Å²) in [5.74, 6) is -4.07. The Morgan fingerprint density at radius 2 is 1.76 bits per heavy atom. The van der Waals surface area contributed by atoms with Gasteiger partial charge in [0.15, 0.2) is 21.5 Å². The van der Waals surface area contributed by atoms with Crippen LogP contribution in [-0.2, 0) is 14.6 Å². The summed E-state index contributed by atoms with van der Waals surface area (Å²) in [7, 11) is -4.01. The number of carbonyl (C=O) groups excluding carboxylic acids is 2. The van der Waals surface area contributed by atoms with Crippen LogP contribution >= 0.6 is 11.6 Å². The molecule has 2 fully saturated rings. The van der Waals surface area contributed by atoms with Gasteiger partial charge in [0.05, 0.1) is 33.3 Å². The molecule has 8 nitrogen and oxygen atoms in total. The zero-order chi connectivity index (χ0) is 27.8. The van der Waals surface area contributed by atoms with Crippen LogP contribution in [0.25, 0.3) is 0 Å². The fourth-order valence-electron chi connectivity index (χ4n) is 5.55. The lowest BCUT2D eigenvalue weighted by Crippen LogP contribution is -2.54. The number of anilines is 1. The first-order valence-corrected chi connectivity index (χ1v) is 14.2. The van der Waals surface area contributed by atoms with E-state index < -0.39 is 50.2 Å². The summed E-state index contributed by atoms with van der Waals surface area (Å²) in [5, 5.41) is 24.9. The van der Waals surface area contributed by atoms with E-state index in [0.717, 1.165) is 18.2 Å². The molecule has 0 heterocycles. The summed E-state index contributed by atoms with van der Waals surface area (Å²) in [5.41, 5.74) is -1.29. The normalized spacial score (nSPS) is 25.6. The lowest BCUT2D eigenvalue weighted by Gasteiger charge is -2.42. The van der Waals surface area contributed by atoms with Crippen molar-refractivity contribution in [2.75, 3.05) is 11.9 Å². The van der Waals surface area contributed by atoms with Gasteiger partial charge in [0.2, 0.25) is 5.91 Å². The van der Waals surface area contributed by atoms with Crippen LogP contribution in [-0.4, -0.2) is 53.9 Å². The predicted molar refractivity (Wildman–Crippen MR) is 136 cm³/mol. The zero-order valence-corrected chi connectivity index (χ0v) is 22.2. The molecule has 2 amide bonds. The van der Waals surface area contributed by atoms with Gasteiger partial charge in [-0.15, -0.1) is 0 Å². The van der Waals surface area contributed by atoms with E-state index in [1.165, 1.54) is 25.1 Å². The number of sulfone groups is 1. The number of aliphatic hydroxyl groups is 2. The van der Waals surface area contributed by atoms with Gasteiger partial charge in [0.25, 0.3) is 5.91 Å². The number of hydrogen-bond acceptors (Lipinski definition) is 6. The topological polar surface area (TPSA) is 133 Å². The Labute approximate surface area is 224 Å². The van der Waals surface area contributed by atoms with E-state index in [9.17, 15) is 37.0 Å². The minimum Gasteiger partial charge on any atom is -0.393 e. The van der Waals surface area contributed by atoms with E-state index in [2.05, 4.69) is 10.6 Å². The van der Waals surface area contributed by atoms with Crippen molar-refractivity contribution in [3.63, 3.8) is 0 Å². The Bertz CT molecular complexity index is 1340. The van der Waals surface area contributed by atoms with Crippen molar-refractivity contribution >= 4 is 38.9 Å². The summed E-state index contributed by atoms with van der Waals surface area (Å²) in [6.07, 6.45) is 0.600. The van der Waals surface area contributed by atoms with Crippen molar-refractivity contribution in [3.8, 4) is 0 Å². The monoisotopic (exact) mass is 570 g/mol. The third-order valence-electron chi connectivity index (χ3n) is 7.54. The third kappa shape index (κ3) is 5.70. The Morgan fingerprint density at radius 1 is 1.11 bits per heavy atom. The highest BCUT2D eigenvalue weighted by atomic mass is 35.5. The highest BCUT2D eigenvalue weighted by Gasteiger charge is 2.55. The van der Waals surface area contributed by atoms with Crippen molar-refractivity contribution in [1.82, 2.24) is 5.32 Å². The van der Waals surface area contributed by atoms with Gasteiger partial charge in [-0.25, -0.2) is 17.2 Å². The van der Waals surface area contributed by atoms with E-state index in [4.69, 9.17) is 11.6 Å². The molecule has 12 heteroatoms. The molecule has 2 aliphatic rings. The first-order chi connectivity index (χ1) is 17.8. The number of fused-ring (bicyclic) bond motifs is 2. The van der Waals surface area contributed by atoms with E-state index in [-0.39, 0.29) is 58.8 Å². The fraction of sp³-hybridized carbons (Fsp3) is 0.462. The maximum absolute atomic E-state index is 13.7. The highest BCUT2D eigenvalue weighted by molar-refractivity contribution is 7.92. The molecule has 4 N–H and O–H groups in total. The highest BCUT2D eigenvalue weighted by Crippen LogP contribution is 2.52. The predicted octanol–water partition coefficient (Wildman–Crippen LogP) is 3.45. The second-order valence-corrected chi connectivity index (χ2v) is 12.8. The molecule has 0 aliphatic heterocycles. The molecule has 0 saturated heterocycles. The standard InChI is InChI=1S/C26H29ClF2N2O6S/c1-14(32)8-24(33)30-13-26(35)16-3-4-17(26)11-19(10-16)38(36,37)23-9-15(2-6-20(23)27)25(34)31-18-5-7-21(28)22(29)12-18/h2,5-7,9,12,14,16-17,19,32,35H,3-4,8,10-11,13H2,1H3,(H,30,33)(H,31,34)/t14-,16?,17?,19?,26?/m0/s1. The van der Waals surface area contributed by atoms with Gasteiger partial charge in [0, 0.05) is 23.9 Å². The van der Waals surface area contributed by atoms with Crippen LogP contribution in [0.4, 0.5) is 14.5 Å². The molecule has 2 aliphatic carbocycles. The molecule has 0 aromatic heterocycles. The molecule has 0 spiro atoms. The molecule has 3 atom stereocenters. The Hall–Kier alpha value is -2.60. The molecule has 206 valence electrons. The van der Waals surface area contributed by atoms with Crippen LogP contribution in [0.1, 0.15) is 49.4 Å². The fourth-order valence-corrected chi connectivity index (χ4v) is 7.95. The molecule has 4 rings (SSSR count). The molecule has 2 aromatic rings. The SMILES string of the molecule is C[C@H](O)CC(=O)NCC1(O)C2CCC1CC(S(=O)(=O)c1cc(C(=O)Nc3ccc(F)c(F)c3)ccc1Cl)C2. The number of rotatable bonds is 8. The maximum Gasteiger partial charge on any atom is 0.255 e. The summed E-state index contributed by atoms with van der Waals surface area (Å²) in [6.45, 7) is 1.46. The summed E-state index contributed by atoms with van der Waals surface area (Å²) in [4.78, 5) is 24.5. The smallest absolute Gasteiger partial charge is 0.255 e. The Morgan fingerprint density at radius 3 is 2.37 bits per heavy atom. The van der Waals surface area contributed by atoms with E-state index in [0.29, 0.717) is 12.8 Å². The van der Waals surface area contributed by atoms with Crippen LogP contribution in [0.5, 0.6) is 0 Å². The summed E-state index contributed by atoms with van der Waals surface area (Å²) < 4.78 is 54.0. The molecule has 38 heavy (non-hydrogen) atoms. The van der Waals surface area contributed by atoms with E-state index >= 15 is 0 Å². The van der Waals surface area contributed by atoms with Gasteiger partial charge in [-0.2, -0.15) is 0 Å². The van der Waals surface area contributed by atoms with Gasteiger partial charge in [-0.05, 0) is 74.8 Å². The number of nitrogens with one attached hydrogen (secondary N) is 2. The van der Waals surface area contributed by atoms with Crippen molar-refractivity contribution in [3.05, 3.63) is 58.6 Å². The van der Waals surface area contributed by atoms with Crippen molar-refractivity contribution in [2.24, 2.45) is 11.8 Å². The third-order valence-corrected chi connectivity index (χ3v) is 10.2. The van der Waals surface area contributed by atoms with Crippen LogP contribution in [0.2, 0.25) is 5.02 Å². The van der Waals surface area contributed by atoms with Crippen LogP contribution < -0.4 is 10.6 Å². The van der Waals surface area contributed by atoms with Crippen LogP contribution in [0.15, 0.2) is 41.3 Å². The lowest BCUT2D eigenvalue weighted by molar-refractivity contribution is -0.126. The van der Waals surface area contributed by atoms with Crippen LogP contribution in [0, 0.1) is 23.5 Å². The molecular formula is C26H29ClF2N2O6S. The van der Waals surface area contributed by atoms with Crippen molar-refractivity contribution in [1.29, 1.82) is 0 Å². The van der Waals surface area contributed by atoms with E-state index in [1.54, 1.807) is 0 Å². The van der Waals surface area contributed by atoms with Crippen LogP contribution in [0.3, 0.4) is 0 Å². The van der Waals surface area contributed by atoms with Crippen molar-refractivity contribution in [2.45, 2.75) is 60.9 Å². The number of halogens is 3. The minimum absolute atomic E-state index is 0.00284. The first-order valence-electron chi connectivity index (χ1n) is 12.3. The Balaban J connectivity index is 1.51. The molecule has 2 bridgehead atoms. The van der Waals surface area contributed by atoms with Gasteiger partial charge in [-0.3, -0.25) is 9.59 Å². The summed E-state index contributed by atoms with van der Waals surface area (Å²) in [6, 6.07) is 6.63. The molecule has 0 radical (unpaired) electrons. The molecule has 2 aromatic carbocycles.